The molecule has 4 rings (SSSR count). The minimum absolute atomic E-state index is 0. The molecule has 0 aliphatic heterocycles. The van der Waals surface area contributed by atoms with Gasteiger partial charge in [-0.2, -0.15) is 0 Å². The SMILES string of the molecule is CC(=O)/C=C(/C)O.[2H]C([2H])([2H])c1[c-]c(-c2nccc3cc(C(C)C)c4ccc(F)cc4c23)cc(C([2H])([2H])[2H])c1.[Ir]. The van der Waals surface area contributed by atoms with Crippen LogP contribution in [0.4, 0.5) is 4.39 Å². The van der Waals surface area contributed by atoms with Gasteiger partial charge in [0.2, 0.25) is 0 Å². The zero-order valence-corrected chi connectivity index (χ0v) is 21.7. The number of aliphatic hydroxyl groups excluding tert-OH is 1. The van der Waals surface area contributed by atoms with Gasteiger partial charge in [-0.1, -0.05) is 39.7 Å². The van der Waals surface area contributed by atoms with Gasteiger partial charge >= 0.3 is 0 Å². The molecule has 0 saturated carbocycles. The number of pyridine rings is 1. The molecule has 1 heterocycles. The topological polar surface area (TPSA) is 50.2 Å². The van der Waals surface area contributed by atoms with E-state index >= 15 is 0 Å². The van der Waals surface area contributed by atoms with E-state index in [9.17, 15) is 9.18 Å². The molecule has 0 aliphatic rings. The van der Waals surface area contributed by atoms with Crippen molar-refractivity contribution < 1.29 is 42.6 Å². The fourth-order valence-electron chi connectivity index (χ4n) is 3.77. The van der Waals surface area contributed by atoms with Crippen LogP contribution in [0.1, 0.15) is 58.5 Å². The molecule has 1 radical (unpaired) electrons. The fraction of sp³-hybridized carbons (Fsp3) is 0.241. The number of ketones is 1. The summed E-state index contributed by atoms with van der Waals surface area (Å²) in [6.45, 7) is 1.92. The van der Waals surface area contributed by atoms with E-state index in [0.717, 1.165) is 22.4 Å². The van der Waals surface area contributed by atoms with Gasteiger partial charge in [-0.25, -0.2) is 4.39 Å². The van der Waals surface area contributed by atoms with E-state index in [2.05, 4.69) is 24.9 Å². The molecular weight excluding hydrogens is 606 g/mol. The summed E-state index contributed by atoms with van der Waals surface area (Å²) in [5, 5.41) is 11.3. The maximum atomic E-state index is 14.3. The summed E-state index contributed by atoms with van der Waals surface area (Å²) in [5.41, 5.74) is 1.36. The van der Waals surface area contributed by atoms with E-state index in [1.165, 1.54) is 38.1 Å². The first-order chi connectivity index (χ1) is 18.0. The Balaban J connectivity index is 0.000000623. The van der Waals surface area contributed by atoms with Crippen LogP contribution >= 0.6 is 0 Å². The van der Waals surface area contributed by atoms with Crippen molar-refractivity contribution in [2.75, 3.05) is 0 Å². The number of allylic oxidation sites excluding steroid dienone is 2. The fourth-order valence-corrected chi connectivity index (χ4v) is 3.77. The molecule has 5 heteroatoms. The minimum Gasteiger partial charge on any atom is -0.512 e. The van der Waals surface area contributed by atoms with Crippen LogP contribution in [0.3, 0.4) is 0 Å². The number of halogens is 1. The Bertz CT molecular complexity index is 1540. The number of rotatable bonds is 3. The Morgan fingerprint density at radius 2 is 1.88 bits per heavy atom. The summed E-state index contributed by atoms with van der Waals surface area (Å²) in [7, 11) is 0. The second-order valence-corrected chi connectivity index (χ2v) is 8.16. The summed E-state index contributed by atoms with van der Waals surface area (Å²) in [5.74, 6) is -0.276. The standard InChI is InChI=1S/C24H21FN.C5H8O2.Ir/c1-14(2)21-12-17-7-8-26-24(18-10-15(3)9-16(4)11-18)23(17)22-13-19(25)5-6-20(21)22;1-4(6)3-5(2)7;/h5-10,12-14H,1-4H3;3,6H,1-2H3;/q-1;;/b;4-3-;/i3D3,4D3;;. The zero-order chi connectivity index (χ0) is 29.3. The average Bonchev–Trinajstić information content (AvgIpc) is 2.81. The molecule has 0 bridgehead atoms. The minimum atomic E-state index is -2.54. The molecule has 0 aliphatic carbocycles. The molecule has 0 saturated heterocycles. The number of hydrogen-bond donors (Lipinski definition) is 1. The maximum Gasteiger partial charge on any atom is 0.155 e. The summed E-state index contributed by atoms with van der Waals surface area (Å²) in [6, 6.07) is 13.8. The molecule has 179 valence electrons. The van der Waals surface area contributed by atoms with Gasteiger partial charge in [-0.15, -0.1) is 34.9 Å². The van der Waals surface area contributed by atoms with E-state index in [4.69, 9.17) is 13.3 Å². The zero-order valence-electron chi connectivity index (χ0n) is 25.3. The van der Waals surface area contributed by atoms with Crippen LogP contribution in [0.2, 0.25) is 0 Å². The Kier molecular flexibility index (Phi) is 6.57. The molecule has 3 nitrogen and oxygen atoms in total. The number of nitrogens with zero attached hydrogens (tertiary/aromatic N) is 1. The van der Waals surface area contributed by atoms with Gasteiger partial charge in [0.05, 0.1) is 5.76 Å². The van der Waals surface area contributed by atoms with Crippen LogP contribution < -0.4 is 0 Å². The number of carbonyl (C=O) groups excluding carboxylic acids is 1. The first-order valence-corrected chi connectivity index (χ1v) is 10.5. The molecule has 0 fully saturated rings. The van der Waals surface area contributed by atoms with Crippen molar-refractivity contribution in [2.45, 2.75) is 47.3 Å². The third kappa shape index (κ3) is 6.37. The molecule has 4 aromatic rings. The van der Waals surface area contributed by atoms with Gasteiger partial charge in [0.1, 0.15) is 5.82 Å². The molecule has 0 unspecified atom stereocenters. The molecule has 1 aromatic heterocycles. The van der Waals surface area contributed by atoms with Gasteiger partial charge in [-0.05, 0) is 70.8 Å². The van der Waals surface area contributed by atoms with Crippen molar-refractivity contribution in [3.63, 3.8) is 0 Å². The first kappa shape index (κ1) is 19.4. The Morgan fingerprint density at radius 3 is 2.47 bits per heavy atom. The van der Waals surface area contributed by atoms with Crippen molar-refractivity contribution >= 4 is 27.3 Å². The van der Waals surface area contributed by atoms with Gasteiger partial charge in [0, 0.05) is 40.6 Å². The van der Waals surface area contributed by atoms with E-state index in [1.807, 2.05) is 12.1 Å². The second kappa shape index (κ2) is 11.5. The summed E-state index contributed by atoms with van der Waals surface area (Å²) >= 11 is 0. The smallest absolute Gasteiger partial charge is 0.155 e. The van der Waals surface area contributed by atoms with Gasteiger partial charge in [-0.3, -0.25) is 4.79 Å². The summed E-state index contributed by atoms with van der Waals surface area (Å²) < 4.78 is 61.0. The van der Waals surface area contributed by atoms with Crippen LogP contribution in [0, 0.1) is 25.6 Å². The van der Waals surface area contributed by atoms with Gasteiger partial charge in [0.15, 0.2) is 5.78 Å². The molecule has 0 spiro atoms. The average molecular weight is 641 g/mol. The third-order valence-electron chi connectivity index (χ3n) is 5.01. The monoisotopic (exact) mass is 641 g/mol. The third-order valence-corrected chi connectivity index (χ3v) is 5.01. The van der Waals surface area contributed by atoms with E-state index in [-0.39, 0.29) is 54.3 Å². The normalized spacial score (nSPS) is 14.6. The molecule has 0 amide bonds. The van der Waals surface area contributed by atoms with E-state index in [1.54, 1.807) is 12.3 Å². The number of benzene rings is 3. The number of fused-ring (bicyclic) bond motifs is 3. The van der Waals surface area contributed by atoms with Crippen molar-refractivity contribution in [3.8, 4) is 11.3 Å². The molecular formula is C29H29FIrNO2-. The Labute approximate surface area is 222 Å². The molecule has 0 atom stereocenters. The van der Waals surface area contributed by atoms with Gasteiger partial charge < -0.3 is 10.1 Å². The number of aryl methyl sites for hydroxylation is 2. The summed E-state index contributed by atoms with van der Waals surface area (Å²) in [6.07, 6.45) is 2.75. The Hall–Kier alpha value is -2.88. The number of aliphatic hydroxyl groups is 1. The van der Waals surface area contributed by atoms with Crippen molar-refractivity contribution in [2.24, 2.45) is 0 Å². The first-order valence-electron chi connectivity index (χ1n) is 13.5. The predicted octanol–water partition coefficient (Wildman–Crippen LogP) is 7.77. The Morgan fingerprint density at radius 1 is 1.12 bits per heavy atom. The molecule has 3 aromatic carbocycles. The predicted molar refractivity (Wildman–Crippen MR) is 134 cm³/mol. The second-order valence-electron chi connectivity index (χ2n) is 8.16. The van der Waals surface area contributed by atoms with Gasteiger partial charge in [0.25, 0.3) is 0 Å². The van der Waals surface area contributed by atoms with E-state index < -0.39 is 19.5 Å². The largest absolute Gasteiger partial charge is 0.512 e. The maximum absolute atomic E-state index is 14.3. The van der Waals surface area contributed by atoms with Crippen LogP contribution in [0.25, 0.3) is 32.8 Å². The van der Waals surface area contributed by atoms with E-state index in [0.29, 0.717) is 16.5 Å². The molecule has 1 N–H and O–H groups in total. The van der Waals surface area contributed by atoms with Crippen molar-refractivity contribution in [1.82, 2.24) is 4.98 Å². The van der Waals surface area contributed by atoms with Crippen LogP contribution in [-0.2, 0) is 24.9 Å². The van der Waals surface area contributed by atoms with Crippen LogP contribution in [0.15, 0.2) is 60.5 Å². The number of carbonyl (C=O) groups is 1. The number of hydrogen-bond acceptors (Lipinski definition) is 3. The number of aromatic nitrogens is 1. The van der Waals surface area contributed by atoms with Crippen LogP contribution in [-0.4, -0.2) is 15.9 Å². The quantitative estimate of drug-likeness (QED) is 0.108. The van der Waals surface area contributed by atoms with Crippen molar-refractivity contribution in [3.05, 3.63) is 89.1 Å². The van der Waals surface area contributed by atoms with Crippen LogP contribution in [0.5, 0.6) is 0 Å². The summed E-state index contributed by atoms with van der Waals surface area (Å²) in [4.78, 5) is 14.5. The van der Waals surface area contributed by atoms with Crippen molar-refractivity contribution in [1.29, 1.82) is 0 Å². The molecule has 34 heavy (non-hydrogen) atoms.